The van der Waals surface area contributed by atoms with Gasteiger partial charge in [-0.05, 0) is 64.9 Å². The minimum Gasteiger partial charge on any atom is -0.376 e. The molecule has 1 aliphatic carbocycles. The van der Waals surface area contributed by atoms with Crippen LogP contribution in [-0.2, 0) is 28.9 Å². The van der Waals surface area contributed by atoms with Gasteiger partial charge in [-0.25, -0.2) is 4.98 Å². The number of ether oxygens (including phenoxy) is 1. The number of aromatic nitrogens is 2. The minimum atomic E-state index is -0.292. The number of carbonyl (C=O) groups excluding carboxylic acids is 1. The smallest absolute Gasteiger partial charge is 0.263 e. The fourth-order valence-corrected chi connectivity index (χ4v) is 6.77. The molecule has 1 aliphatic heterocycles. The highest BCUT2D eigenvalue weighted by Crippen LogP contribution is 2.35. The predicted molar refractivity (Wildman–Crippen MR) is 123 cm³/mol. The van der Waals surface area contributed by atoms with Gasteiger partial charge in [0.05, 0.1) is 23.3 Å². The topological polar surface area (TPSA) is 64.4 Å². The van der Waals surface area contributed by atoms with Gasteiger partial charge >= 0.3 is 0 Å². The van der Waals surface area contributed by atoms with Gasteiger partial charge in [-0.3, -0.25) is 14.2 Å². The van der Waals surface area contributed by atoms with Crippen LogP contribution in [0.5, 0.6) is 0 Å². The number of thiophene rings is 1. The molecule has 0 bridgehead atoms. The molecule has 1 fully saturated rings. The number of rotatable bonds is 7. The Morgan fingerprint density at radius 2 is 2.07 bits per heavy atom. The summed E-state index contributed by atoms with van der Waals surface area (Å²) in [6.45, 7) is 8.54. The quantitative estimate of drug-likeness (QED) is 0.474. The first kappa shape index (κ1) is 21.8. The summed E-state index contributed by atoms with van der Waals surface area (Å²) in [6.07, 6.45) is 6.37. The zero-order valence-corrected chi connectivity index (χ0v) is 19.7. The molecule has 0 N–H and O–H groups in total. The van der Waals surface area contributed by atoms with Crippen LogP contribution in [0.2, 0.25) is 0 Å². The monoisotopic (exact) mass is 449 g/mol. The van der Waals surface area contributed by atoms with Crippen LogP contribution >= 0.6 is 23.1 Å². The summed E-state index contributed by atoms with van der Waals surface area (Å²) in [4.78, 5) is 35.4. The molecule has 0 radical (unpaired) electrons. The molecular weight excluding hydrogens is 418 g/mol. The van der Waals surface area contributed by atoms with Gasteiger partial charge in [0.2, 0.25) is 5.91 Å². The number of amides is 1. The normalized spacial score (nSPS) is 19.8. The molecule has 30 heavy (non-hydrogen) atoms. The summed E-state index contributed by atoms with van der Waals surface area (Å²) in [7, 11) is 0. The number of carbonyl (C=O) groups is 1. The van der Waals surface area contributed by atoms with E-state index in [0.717, 1.165) is 48.9 Å². The van der Waals surface area contributed by atoms with Gasteiger partial charge in [0.15, 0.2) is 5.16 Å². The van der Waals surface area contributed by atoms with Crippen molar-refractivity contribution in [2.24, 2.45) is 0 Å². The van der Waals surface area contributed by atoms with E-state index in [4.69, 9.17) is 9.72 Å². The molecule has 2 aromatic rings. The maximum atomic E-state index is 13.6. The number of thioether (sulfide) groups is 1. The van der Waals surface area contributed by atoms with Crippen LogP contribution in [0.1, 0.15) is 56.9 Å². The average molecular weight is 450 g/mol. The Labute approximate surface area is 186 Å². The number of aryl methyl sites for hydroxylation is 2. The third-order valence-corrected chi connectivity index (χ3v) is 8.42. The summed E-state index contributed by atoms with van der Waals surface area (Å²) < 4.78 is 7.62. The van der Waals surface area contributed by atoms with E-state index < -0.39 is 0 Å². The Balaban J connectivity index is 1.74. The van der Waals surface area contributed by atoms with E-state index in [0.29, 0.717) is 24.8 Å². The molecule has 2 aliphatic rings. The summed E-state index contributed by atoms with van der Waals surface area (Å²) >= 11 is 3.07. The van der Waals surface area contributed by atoms with Gasteiger partial charge in [0, 0.05) is 24.6 Å². The van der Waals surface area contributed by atoms with Crippen molar-refractivity contribution in [3.05, 3.63) is 20.8 Å². The van der Waals surface area contributed by atoms with E-state index in [2.05, 4.69) is 0 Å². The second-order valence-corrected chi connectivity index (χ2v) is 10.5. The Morgan fingerprint density at radius 1 is 1.30 bits per heavy atom. The summed E-state index contributed by atoms with van der Waals surface area (Å²) in [5.41, 5.74) is 1.25. The zero-order chi connectivity index (χ0) is 21.3. The maximum Gasteiger partial charge on any atom is 0.263 e. The van der Waals surface area contributed by atoms with Crippen molar-refractivity contribution in [1.82, 2.24) is 14.5 Å². The molecule has 8 heteroatoms. The first-order chi connectivity index (χ1) is 14.5. The highest BCUT2D eigenvalue weighted by molar-refractivity contribution is 8.00. The standard InChI is InChI=1S/C22H31N3O3S2/c1-4-24(5-2)20(26)14(3)29-22-23-19-18(16-10-6-7-11-17(16)30-19)21(27)25(22)13-15-9-8-12-28-15/h14-15H,4-13H2,1-3H3. The predicted octanol–water partition coefficient (Wildman–Crippen LogP) is 3.86. The van der Waals surface area contributed by atoms with Crippen molar-refractivity contribution in [2.75, 3.05) is 19.7 Å². The van der Waals surface area contributed by atoms with Crippen molar-refractivity contribution < 1.29 is 9.53 Å². The minimum absolute atomic E-state index is 0.0416. The lowest BCUT2D eigenvalue weighted by Gasteiger charge is -2.23. The zero-order valence-electron chi connectivity index (χ0n) is 18.1. The SMILES string of the molecule is CCN(CC)C(=O)C(C)Sc1nc2sc3c(c2c(=O)n1CC1CCCO1)CCCC3. The largest absolute Gasteiger partial charge is 0.376 e. The van der Waals surface area contributed by atoms with Crippen LogP contribution < -0.4 is 5.56 Å². The lowest BCUT2D eigenvalue weighted by atomic mass is 9.97. The van der Waals surface area contributed by atoms with Gasteiger partial charge < -0.3 is 9.64 Å². The van der Waals surface area contributed by atoms with Gasteiger partial charge in [0.25, 0.3) is 5.56 Å². The van der Waals surface area contributed by atoms with Gasteiger partial charge in [-0.15, -0.1) is 11.3 Å². The average Bonchev–Trinajstić information content (AvgIpc) is 3.38. The third kappa shape index (κ3) is 4.18. The van der Waals surface area contributed by atoms with Crippen molar-refractivity contribution in [2.45, 2.75) is 82.4 Å². The summed E-state index contributed by atoms with van der Waals surface area (Å²) in [5, 5.41) is 1.16. The molecule has 2 unspecified atom stereocenters. The molecule has 3 heterocycles. The van der Waals surface area contributed by atoms with Gasteiger partial charge in [-0.1, -0.05) is 11.8 Å². The second-order valence-electron chi connectivity index (χ2n) is 8.11. The summed E-state index contributed by atoms with van der Waals surface area (Å²) in [6, 6.07) is 0. The molecular formula is C22H31N3O3S2. The molecule has 0 saturated carbocycles. The molecule has 2 aromatic heterocycles. The lowest BCUT2D eigenvalue weighted by Crippen LogP contribution is -2.37. The Hall–Kier alpha value is -1.38. The fourth-order valence-electron chi connectivity index (χ4n) is 4.46. The van der Waals surface area contributed by atoms with Crippen LogP contribution in [0.3, 0.4) is 0 Å². The molecule has 0 spiro atoms. The molecule has 6 nitrogen and oxygen atoms in total. The number of fused-ring (bicyclic) bond motifs is 3. The number of nitrogens with zero attached hydrogens (tertiary/aromatic N) is 3. The molecule has 4 rings (SSSR count). The van der Waals surface area contributed by atoms with Crippen molar-refractivity contribution in [1.29, 1.82) is 0 Å². The van der Waals surface area contributed by atoms with Crippen LogP contribution in [0.25, 0.3) is 10.2 Å². The highest BCUT2D eigenvalue weighted by atomic mass is 32.2. The van der Waals surface area contributed by atoms with E-state index in [1.807, 2.05) is 25.7 Å². The van der Waals surface area contributed by atoms with Crippen molar-refractivity contribution in [3.8, 4) is 0 Å². The third-order valence-electron chi connectivity index (χ3n) is 6.16. The second kappa shape index (κ2) is 9.40. The van der Waals surface area contributed by atoms with Gasteiger partial charge in [0.1, 0.15) is 4.83 Å². The number of hydrogen-bond acceptors (Lipinski definition) is 6. The lowest BCUT2D eigenvalue weighted by molar-refractivity contribution is -0.129. The molecule has 2 atom stereocenters. The number of hydrogen-bond donors (Lipinski definition) is 0. The highest BCUT2D eigenvalue weighted by Gasteiger charge is 2.27. The van der Waals surface area contributed by atoms with Crippen LogP contribution in [0.4, 0.5) is 0 Å². The molecule has 1 saturated heterocycles. The molecule has 0 aromatic carbocycles. The maximum absolute atomic E-state index is 13.6. The van der Waals surface area contributed by atoms with Crippen molar-refractivity contribution in [3.63, 3.8) is 0 Å². The first-order valence-electron chi connectivity index (χ1n) is 11.2. The van der Waals surface area contributed by atoms with Gasteiger partial charge in [-0.2, -0.15) is 0 Å². The van der Waals surface area contributed by atoms with Crippen LogP contribution in [0.15, 0.2) is 9.95 Å². The Morgan fingerprint density at radius 3 is 2.77 bits per heavy atom. The van der Waals surface area contributed by atoms with Crippen molar-refractivity contribution >= 4 is 39.2 Å². The van der Waals surface area contributed by atoms with E-state index in [-0.39, 0.29) is 22.8 Å². The van der Waals surface area contributed by atoms with E-state index in [1.54, 1.807) is 15.9 Å². The van der Waals surface area contributed by atoms with E-state index in [1.165, 1.54) is 28.6 Å². The fraction of sp³-hybridized carbons (Fsp3) is 0.682. The molecule has 164 valence electrons. The Bertz CT molecular complexity index is 974. The first-order valence-corrected chi connectivity index (χ1v) is 12.8. The Kier molecular flexibility index (Phi) is 6.85. The van der Waals surface area contributed by atoms with E-state index in [9.17, 15) is 9.59 Å². The molecule has 1 amide bonds. The van der Waals surface area contributed by atoms with Crippen LogP contribution in [-0.4, -0.2) is 51.4 Å². The van der Waals surface area contributed by atoms with Crippen LogP contribution in [0, 0.1) is 0 Å². The van der Waals surface area contributed by atoms with E-state index >= 15 is 0 Å². The summed E-state index contributed by atoms with van der Waals surface area (Å²) in [5.74, 6) is 0.0912.